The zero-order chi connectivity index (χ0) is 15.1. The number of hydrogen-bond donors (Lipinski definition) is 0. The average molecular weight is 293 g/mol. The molecule has 1 fully saturated rings. The predicted molar refractivity (Wildman–Crippen MR) is 87.1 cm³/mol. The molecule has 112 valence electrons. The Balaban J connectivity index is 1.88. The Morgan fingerprint density at radius 2 is 1.82 bits per heavy atom. The van der Waals surface area contributed by atoms with Crippen LogP contribution >= 0.6 is 0 Å². The first-order valence-electron chi connectivity index (χ1n) is 7.77. The lowest BCUT2D eigenvalue weighted by molar-refractivity contribution is 0.846. The van der Waals surface area contributed by atoms with Crippen molar-refractivity contribution in [3.8, 4) is 11.4 Å². The predicted octanol–water partition coefficient (Wildman–Crippen LogP) is 3.01. The van der Waals surface area contributed by atoms with Crippen LogP contribution in [-0.2, 0) is 0 Å². The maximum absolute atomic E-state index is 4.71. The van der Waals surface area contributed by atoms with Gasteiger partial charge in [-0.2, -0.15) is 9.50 Å². The van der Waals surface area contributed by atoms with E-state index in [1.807, 2.05) is 23.6 Å². The molecule has 1 aliphatic heterocycles. The zero-order valence-corrected chi connectivity index (χ0v) is 13.0. The minimum atomic E-state index is 0.679. The number of benzene rings is 1. The molecule has 5 heteroatoms. The largest absolute Gasteiger partial charge is 0.356 e. The fourth-order valence-corrected chi connectivity index (χ4v) is 3.05. The van der Waals surface area contributed by atoms with Crippen molar-refractivity contribution < 1.29 is 0 Å². The summed E-state index contributed by atoms with van der Waals surface area (Å²) in [5.41, 5.74) is 3.23. The number of aryl methyl sites for hydroxylation is 2. The van der Waals surface area contributed by atoms with Crippen molar-refractivity contribution in [3.05, 3.63) is 41.6 Å². The summed E-state index contributed by atoms with van der Waals surface area (Å²) in [5, 5.41) is 4.71. The topological polar surface area (TPSA) is 46.3 Å². The second-order valence-corrected chi connectivity index (χ2v) is 5.97. The van der Waals surface area contributed by atoms with Gasteiger partial charge >= 0.3 is 0 Å². The molecule has 22 heavy (non-hydrogen) atoms. The fourth-order valence-electron chi connectivity index (χ4n) is 3.05. The molecule has 0 bridgehead atoms. The molecule has 3 heterocycles. The molecule has 1 saturated heterocycles. The second kappa shape index (κ2) is 5.09. The lowest BCUT2D eigenvalue weighted by Gasteiger charge is -2.18. The summed E-state index contributed by atoms with van der Waals surface area (Å²) in [6, 6.07) is 10.4. The van der Waals surface area contributed by atoms with E-state index in [4.69, 9.17) is 5.10 Å². The first kappa shape index (κ1) is 13.2. The van der Waals surface area contributed by atoms with E-state index in [1.54, 1.807) is 0 Å². The summed E-state index contributed by atoms with van der Waals surface area (Å²) in [6.45, 7) is 6.26. The molecule has 2 aromatic heterocycles. The highest BCUT2D eigenvalue weighted by Crippen LogP contribution is 2.24. The molecular weight excluding hydrogens is 274 g/mol. The summed E-state index contributed by atoms with van der Waals surface area (Å²) in [6.07, 6.45) is 2.48. The van der Waals surface area contributed by atoms with E-state index < -0.39 is 0 Å². The molecule has 3 aromatic rings. The van der Waals surface area contributed by atoms with Crippen molar-refractivity contribution in [1.82, 2.24) is 19.6 Å². The Morgan fingerprint density at radius 1 is 1.00 bits per heavy atom. The van der Waals surface area contributed by atoms with Crippen LogP contribution in [0, 0.1) is 13.8 Å². The first-order chi connectivity index (χ1) is 10.7. The maximum Gasteiger partial charge on any atom is 0.254 e. The van der Waals surface area contributed by atoms with Crippen LogP contribution in [0.3, 0.4) is 0 Å². The van der Waals surface area contributed by atoms with Crippen LogP contribution in [0.25, 0.3) is 17.2 Å². The van der Waals surface area contributed by atoms with Crippen LogP contribution < -0.4 is 4.90 Å². The highest BCUT2D eigenvalue weighted by atomic mass is 15.4. The SMILES string of the molecule is Cc1cccc(-c2nc3nc(C)cc(N4CCCC4)n3n2)c1. The van der Waals surface area contributed by atoms with Gasteiger partial charge in [0.1, 0.15) is 5.82 Å². The Hall–Kier alpha value is -2.43. The van der Waals surface area contributed by atoms with Gasteiger partial charge < -0.3 is 4.90 Å². The number of rotatable bonds is 2. The van der Waals surface area contributed by atoms with Crippen molar-refractivity contribution in [3.63, 3.8) is 0 Å². The summed E-state index contributed by atoms with van der Waals surface area (Å²) in [4.78, 5) is 11.5. The minimum absolute atomic E-state index is 0.679. The van der Waals surface area contributed by atoms with Gasteiger partial charge in [0.05, 0.1) is 0 Å². The molecule has 0 aliphatic carbocycles. The number of anilines is 1. The van der Waals surface area contributed by atoms with Gasteiger partial charge in [-0.25, -0.2) is 4.98 Å². The first-order valence-corrected chi connectivity index (χ1v) is 7.77. The third kappa shape index (κ3) is 2.22. The lowest BCUT2D eigenvalue weighted by Crippen LogP contribution is -2.21. The van der Waals surface area contributed by atoms with Crippen molar-refractivity contribution in [2.24, 2.45) is 0 Å². The zero-order valence-electron chi connectivity index (χ0n) is 13.0. The molecule has 1 aliphatic rings. The highest BCUT2D eigenvalue weighted by Gasteiger charge is 2.18. The van der Waals surface area contributed by atoms with Gasteiger partial charge in [0.15, 0.2) is 5.82 Å². The van der Waals surface area contributed by atoms with Gasteiger partial charge in [-0.05, 0) is 32.8 Å². The van der Waals surface area contributed by atoms with Crippen molar-refractivity contribution in [2.75, 3.05) is 18.0 Å². The number of aromatic nitrogens is 4. The Bertz CT molecular complexity index is 830. The molecule has 0 saturated carbocycles. The molecule has 0 atom stereocenters. The van der Waals surface area contributed by atoms with E-state index in [0.717, 1.165) is 36.0 Å². The van der Waals surface area contributed by atoms with Gasteiger partial charge in [0.25, 0.3) is 5.78 Å². The monoisotopic (exact) mass is 293 g/mol. The van der Waals surface area contributed by atoms with E-state index >= 15 is 0 Å². The summed E-state index contributed by atoms with van der Waals surface area (Å²) < 4.78 is 1.88. The van der Waals surface area contributed by atoms with E-state index in [0.29, 0.717) is 5.78 Å². The molecule has 0 spiro atoms. The van der Waals surface area contributed by atoms with Crippen LogP contribution in [0.2, 0.25) is 0 Å². The third-order valence-electron chi connectivity index (χ3n) is 4.13. The molecule has 0 N–H and O–H groups in total. The molecule has 0 amide bonds. The van der Waals surface area contributed by atoms with Gasteiger partial charge in [0.2, 0.25) is 0 Å². The van der Waals surface area contributed by atoms with Gasteiger partial charge in [-0.3, -0.25) is 0 Å². The summed E-state index contributed by atoms with van der Waals surface area (Å²) in [5.74, 6) is 2.52. The standard InChI is InChI=1S/C17H19N5/c1-12-6-5-7-14(10-12)16-19-17-18-13(2)11-15(22(17)20-16)21-8-3-4-9-21/h5-7,10-11H,3-4,8-9H2,1-2H3. The van der Waals surface area contributed by atoms with Crippen molar-refractivity contribution in [2.45, 2.75) is 26.7 Å². The van der Waals surface area contributed by atoms with Crippen LogP contribution in [-0.4, -0.2) is 32.7 Å². The summed E-state index contributed by atoms with van der Waals surface area (Å²) >= 11 is 0. The Morgan fingerprint density at radius 3 is 2.59 bits per heavy atom. The van der Waals surface area contributed by atoms with Crippen LogP contribution in [0.1, 0.15) is 24.1 Å². The van der Waals surface area contributed by atoms with Crippen molar-refractivity contribution >= 4 is 11.6 Å². The number of hydrogen-bond acceptors (Lipinski definition) is 4. The smallest absolute Gasteiger partial charge is 0.254 e. The normalized spacial score (nSPS) is 14.9. The lowest BCUT2D eigenvalue weighted by atomic mass is 10.1. The molecule has 5 nitrogen and oxygen atoms in total. The van der Waals surface area contributed by atoms with Crippen molar-refractivity contribution in [1.29, 1.82) is 0 Å². The van der Waals surface area contributed by atoms with Crippen LogP contribution in [0.4, 0.5) is 5.82 Å². The van der Waals surface area contributed by atoms with Crippen LogP contribution in [0.15, 0.2) is 30.3 Å². The molecular formula is C17H19N5. The summed E-state index contributed by atoms with van der Waals surface area (Å²) in [7, 11) is 0. The van der Waals surface area contributed by atoms with E-state index in [9.17, 15) is 0 Å². The maximum atomic E-state index is 4.71. The molecule has 1 aromatic carbocycles. The third-order valence-corrected chi connectivity index (χ3v) is 4.13. The van der Waals surface area contributed by atoms with E-state index in [-0.39, 0.29) is 0 Å². The van der Waals surface area contributed by atoms with E-state index in [1.165, 1.54) is 18.4 Å². The average Bonchev–Trinajstić information content (AvgIpc) is 3.15. The quantitative estimate of drug-likeness (QED) is 0.728. The molecule has 0 unspecified atom stereocenters. The van der Waals surface area contributed by atoms with Crippen LogP contribution in [0.5, 0.6) is 0 Å². The number of fused-ring (bicyclic) bond motifs is 1. The highest BCUT2D eigenvalue weighted by molar-refractivity contribution is 5.59. The Labute approximate surface area is 129 Å². The van der Waals surface area contributed by atoms with E-state index in [2.05, 4.69) is 40.0 Å². The van der Waals surface area contributed by atoms with Gasteiger partial charge in [-0.1, -0.05) is 23.8 Å². The fraction of sp³-hybridized carbons (Fsp3) is 0.353. The second-order valence-electron chi connectivity index (χ2n) is 5.97. The molecule has 4 rings (SSSR count). The number of nitrogens with zero attached hydrogens (tertiary/aromatic N) is 5. The Kier molecular flexibility index (Phi) is 3.06. The molecule has 0 radical (unpaired) electrons. The minimum Gasteiger partial charge on any atom is -0.356 e. The van der Waals surface area contributed by atoms with Gasteiger partial charge in [0, 0.05) is 30.4 Å². The van der Waals surface area contributed by atoms with Gasteiger partial charge in [-0.15, -0.1) is 5.10 Å².